The molecule has 0 atom stereocenters. The molecule has 0 aliphatic heterocycles. The Balaban J connectivity index is 2.21. The molecule has 1 aliphatic rings. The highest BCUT2D eigenvalue weighted by Crippen LogP contribution is 2.34. The van der Waals surface area contributed by atoms with Crippen molar-refractivity contribution in [1.29, 1.82) is 0 Å². The number of nitrogens with one attached hydrogen (secondary N) is 1. The molecular formula is C13H13NO. The number of ether oxygens (including phenoxy) is 1. The van der Waals surface area contributed by atoms with E-state index in [0.29, 0.717) is 0 Å². The topological polar surface area (TPSA) is 25.0 Å². The van der Waals surface area contributed by atoms with Gasteiger partial charge in [-0.15, -0.1) is 0 Å². The van der Waals surface area contributed by atoms with Gasteiger partial charge in [0.05, 0.1) is 7.11 Å². The van der Waals surface area contributed by atoms with Crippen molar-refractivity contribution in [3.63, 3.8) is 0 Å². The molecule has 0 bridgehead atoms. The van der Waals surface area contributed by atoms with E-state index in [1.807, 2.05) is 12.3 Å². The van der Waals surface area contributed by atoms with Crippen molar-refractivity contribution in [2.45, 2.75) is 12.8 Å². The zero-order valence-electron chi connectivity index (χ0n) is 8.71. The highest BCUT2D eigenvalue weighted by atomic mass is 16.5. The Hall–Kier alpha value is -1.70. The highest BCUT2D eigenvalue weighted by Gasteiger charge is 2.16. The maximum atomic E-state index is 5.26. The SMILES string of the molecule is COc1ccc2c(c1)-c1[nH]ccc1CC2. The van der Waals surface area contributed by atoms with Gasteiger partial charge in [-0.1, -0.05) is 6.07 Å². The number of aromatic amines is 1. The van der Waals surface area contributed by atoms with E-state index >= 15 is 0 Å². The van der Waals surface area contributed by atoms with Crippen LogP contribution in [0.4, 0.5) is 0 Å². The quantitative estimate of drug-likeness (QED) is 0.750. The van der Waals surface area contributed by atoms with E-state index in [4.69, 9.17) is 4.74 Å². The van der Waals surface area contributed by atoms with Crippen molar-refractivity contribution in [1.82, 2.24) is 4.98 Å². The molecule has 1 heterocycles. The predicted octanol–water partition coefficient (Wildman–Crippen LogP) is 2.79. The Bertz CT molecular complexity index is 499. The minimum Gasteiger partial charge on any atom is -0.497 e. The van der Waals surface area contributed by atoms with Crippen LogP contribution in [0, 0.1) is 0 Å². The molecule has 2 heteroatoms. The van der Waals surface area contributed by atoms with E-state index in [9.17, 15) is 0 Å². The highest BCUT2D eigenvalue weighted by molar-refractivity contribution is 5.71. The molecule has 1 aliphatic carbocycles. The average Bonchev–Trinajstić information content (AvgIpc) is 2.76. The number of aryl methyl sites for hydroxylation is 2. The Labute approximate surface area is 88.9 Å². The number of methoxy groups -OCH3 is 1. The molecule has 1 aromatic heterocycles. The fourth-order valence-electron chi connectivity index (χ4n) is 2.26. The second-order valence-corrected chi connectivity index (χ2v) is 3.90. The molecule has 0 radical (unpaired) electrons. The first-order chi connectivity index (χ1) is 7.38. The van der Waals surface area contributed by atoms with Crippen LogP contribution >= 0.6 is 0 Å². The van der Waals surface area contributed by atoms with E-state index < -0.39 is 0 Å². The van der Waals surface area contributed by atoms with Crippen LogP contribution in [0.15, 0.2) is 30.5 Å². The minimum absolute atomic E-state index is 0.927. The lowest BCUT2D eigenvalue weighted by Gasteiger charge is -2.17. The molecule has 0 amide bonds. The summed E-state index contributed by atoms with van der Waals surface area (Å²) in [5.74, 6) is 0.927. The van der Waals surface area contributed by atoms with Gasteiger partial charge in [0.2, 0.25) is 0 Å². The van der Waals surface area contributed by atoms with Crippen LogP contribution in [0.5, 0.6) is 5.75 Å². The minimum atomic E-state index is 0.927. The average molecular weight is 199 g/mol. The van der Waals surface area contributed by atoms with Crippen LogP contribution in [0.2, 0.25) is 0 Å². The van der Waals surface area contributed by atoms with Gasteiger partial charge in [0.15, 0.2) is 0 Å². The largest absolute Gasteiger partial charge is 0.497 e. The van der Waals surface area contributed by atoms with Gasteiger partial charge in [0.25, 0.3) is 0 Å². The maximum Gasteiger partial charge on any atom is 0.119 e. The summed E-state index contributed by atoms with van der Waals surface area (Å²) in [6.07, 6.45) is 4.28. The zero-order valence-corrected chi connectivity index (χ0v) is 8.71. The van der Waals surface area contributed by atoms with Gasteiger partial charge in [-0.3, -0.25) is 0 Å². The summed E-state index contributed by atoms with van der Waals surface area (Å²) in [7, 11) is 1.71. The molecule has 0 fully saturated rings. The number of rotatable bonds is 1. The molecular weight excluding hydrogens is 186 g/mol. The summed E-state index contributed by atoms with van der Waals surface area (Å²) in [6, 6.07) is 8.48. The summed E-state index contributed by atoms with van der Waals surface area (Å²) in [6.45, 7) is 0. The van der Waals surface area contributed by atoms with Crippen LogP contribution in [-0.2, 0) is 12.8 Å². The van der Waals surface area contributed by atoms with Crippen molar-refractivity contribution in [3.05, 3.63) is 41.6 Å². The van der Waals surface area contributed by atoms with Crippen molar-refractivity contribution in [3.8, 4) is 17.0 Å². The number of hydrogen-bond donors (Lipinski definition) is 1. The number of fused-ring (bicyclic) bond motifs is 3. The number of hydrogen-bond acceptors (Lipinski definition) is 1. The van der Waals surface area contributed by atoms with Crippen LogP contribution in [0.3, 0.4) is 0 Å². The van der Waals surface area contributed by atoms with Gasteiger partial charge < -0.3 is 9.72 Å². The third kappa shape index (κ3) is 1.25. The lowest BCUT2D eigenvalue weighted by atomic mass is 9.90. The zero-order chi connectivity index (χ0) is 10.3. The van der Waals surface area contributed by atoms with E-state index in [1.54, 1.807) is 7.11 Å². The molecule has 3 rings (SSSR count). The summed E-state index contributed by atoms with van der Waals surface area (Å²) in [5, 5.41) is 0. The van der Waals surface area contributed by atoms with Gasteiger partial charge in [0, 0.05) is 17.5 Å². The Morgan fingerprint density at radius 3 is 2.87 bits per heavy atom. The number of aromatic nitrogens is 1. The first-order valence-electron chi connectivity index (χ1n) is 5.22. The van der Waals surface area contributed by atoms with E-state index in [2.05, 4.69) is 23.2 Å². The molecule has 2 nitrogen and oxygen atoms in total. The van der Waals surface area contributed by atoms with E-state index in [1.165, 1.54) is 22.4 Å². The molecule has 76 valence electrons. The van der Waals surface area contributed by atoms with Gasteiger partial charge in [-0.05, 0) is 42.2 Å². The predicted molar refractivity (Wildman–Crippen MR) is 60.2 cm³/mol. The summed E-state index contributed by atoms with van der Waals surface area (Å²) >= 11 is 0. The second kappa shape index (κ2) is 3.16. The van der Waals surface area contributed by atoms with E-state index in [-0.39, 0.29) is 0 Å². The van der Waals surface area contributed by atoms with Crippen molar-refractivity contribution in [2.75, 3.05) is 7.11 Å². The molecule has 1 N–H and O–H groups in total. The van der Waals surface area contributed by atoms with Gasteiger partial charge in [-0.2, -0.15) is 0 Å². The van der Waals surface area contributed by atoms with Gasteiger partial charge in [0.1, 0.15) is 5.75 Å². The molecule has 2 aromatic rings. The van der Waals surface area contributed by atoms with Crippen LogP contribution in [0.1, 0.15) is 11.1 Å². The van der Waals surface area contributed by atoms with Crippen LogP contribution < -0.4 is 4.74 Å². The maximum absolute atomic E-state index is 5.26. The lowest BCUT2D eigenvalue weighted by Crippen LogP contribution is -2.02. The third-order valence-electron chi connectivity index (χ3n) is 3.08. The summed E-state index contributed by atoms with van der Waals surface area (Å²) < 4.78 is 5.26. The fraction of sp³-hybridized carbons (Fsp3) is 0.231. The third-order valence-corrected chi connectivity index (χ3v) is 3.08. The smallest absolute Gasteiger partial charge is 0.119 e. The molecule has 0 spiro atoms. The van der Waals surface area contributed by atoms with Gasteiger partial charge >= 0.3 is 0 Å². The van der Waals surface area contributed by atoms with Crippen molar-refractivity contribution >= 4 is 0 Å². The Kier molecular flexibility index (Phi) is 1.81. The first-order valence-corrected chi connectivity index (χ1v) is 5.22. The van der Waals surface area contributed by atoms with Gasteiger partial charge in [-0.25, -0.2) is 0 Å². The molecule has 15 heavy (non-hydrogen) atoms. The molecule has 0 saturated carbocycles. The normalized spacial score (nSPS) is 13.1. The monoisotopic (exact) mass is 199 g/mol. The van der Waals surface area contributed by atoms with Crippen molar-refractivity contribution in [2.24, 2.45) is 0 Å². The molecule has 0 saturated heterocycles. The summed E-state index contributed by atoms with van der Waals surface area (Å²) in [5.41, 5.74) is 5.37. The number of H-pyrrole nitrogens is 1. The number of benzene rings is 1. The lowest BCUT2D eigenvalue weighted by molar-refractivity contribution is 0.415. The molecule has 1 aromatic carbocycles. The Morgan fingerprint density at radius 1 is 1.13 bits per heavy atom. The standard InChI is InChI=1S/C13H13NO/c1-15-11-5-4-9-2-3-10-6-7-14-13(10)12(9)8-11/h4-8,14H,2-3H2,1H3. The summed E-state index contributed by atoms with van der Waals surface area (Å²) in [4.78, 5) is 3.31. The van der Waals surface area contributed by atoms with Crippen LogP contribution in [-0.4, -0.2) is 12.1 Å². The first kappa shape index (κ1) is 8.60. The van der Waals surface area contributed by atoms with Crippen molar-refractivity contribution < 1.29 is 4.74 Å². The van der Waals surface area contributed by atoms with Crippen LogP contribution in [0.25, 0.3) is 11.3 Å². The van der Waals surface area contributed by atoms with E-state index in [0.717, 1.165) is 18.6 Å². The second-order valence-electron chi connectivity index (χ2n) is 3.90. The Morgan fingerprint density at radius 2 is 2.00 bits per heavy atom. The fourth-order valence-corrected chi connectivity index (χ4v) is 2.26. The molecule has 0 unspecified atom stereocenters.